The van der Waals surface area contributed by atoms with Crippen LogP contribution in [-0.4, -0.2) is 13.6 Å². The second-order valence-electron chi connectivity index (χ2n) is 4.64. The molecule has 1 saturated carbocycles. The van der Waals surface area contributed by atoms with Crippen LogP contribution in [0.15, 0.2) is 0 Å². The molecule has 1 aliphatic carbocycles. The van der Waals surface area contributed by atoms with Gasteiger partial charge in [-0.2, -0.15) is 0 Å². The second kappa shape index (κ2) is 4.86. The summed E-state index contributed by atoms with van der Waals surface area (Å²) >= 11 is 0. The van der Waals surface area contributed by atoms with E-state index in [1.165, 1.54) is 32.2 Å². The molecule has 0 radical (unpaired) electrons. The summed E-state index contributed by atoms with van der Waals surface area (Å²) in [6, 6.07) is 0. The monoisotopic (exact) mass is 169 g/mol. The highest BCUT2D eigenvalue weighted by atomic mass is 14.8. The molecule has 2 atom stereocenters. The van der Waals surface area contributed by atoms with Crippen LogP contribution in [0.25, 0.3) is 0 Å². The predicted molar refractivity (Wildman–Crippen MR) is 54.2 cm³/mol. The van der Waals surface area contributed by atoms with Crippen molar-refractivity contribution in [2.24, 2.45) is 17.8 Å². The fourth-order valence-corrected chi connectivity index (χ4v) is 2.56. The average Bonchev–Trinajstić information content (AvgIpc) is 2.37. The van der Waals surface area contributed by atoms with Gasteiger partial charge in [0.05, 0.1) is 0 Å². The van der Waals surface area contributed by atoms with Gasteiger partial charge in [0.15, 0.2) is 0 Å². The third kappa shape index (κ3) is 2.78. The van der Waals surface area contributed by atoms with E-state index in [0.717, 1.165) is 17.8 Å². The van der Waals surface area contributed by atoms with Gasteiger partial charge in [0.2, 0.25) is 0 Å². The van der Waals surface area contributed by atoms with Crippen molar-refractivity contribution in [3.63, 3.8) is 0 Å². The van der Waals surface area contributed by atoms with Gasteiger partial charge in [0.25, 0.3) is 0 Å². The molecule has 0 aromatic rings. The zero-order valence-electron chi connectivity index (χ0n) is 8.77. The van der Waals surface area contributed by atoms with E-state index in [9.17, 15) is 0 Å². The Kier molecular flexibility index (Phi) is 4.07. The molecule has 0 heterocycles. The first-order valence-electron chi connectivity index (χ1n) is 5.38. The van der Waals surface area contributed by atoms with Crippen LogP contribution in [0, 0.1) is 17.8 Å². The van der Waals surface area contributed by atoms with Gasteiger partial charge in [-0.15, -0.1) is 0 Å². The lowest BCUT2D eigenvalue weighted by Crippen LogP contribution is -2.22. The molecule has 0 saturated heterocycles. The average molecular weight is 169 g/mol. The molecule has 1 nitrogen and oxygen atoms in total. The zero-order valence-corrected chi connectivity index (χ0v) is 8.77. The molecule has 1 heteroatoms. The lowest BCUT2D eigenvalue weighted by atomic mass is 9.88. The molecule has 1 fully saturated rings. The van der Waals surface area contributed by atoms with Gasteiger partial charge in [-0.1, -0.05) is 26.7 Å². The summed E-state index contributed by atoms with van der Waals surface area (Å²) in [5.41, 5.74) is 0. The fourth-order valence-electron chi connectivity index (χ4n) is 2.56. The number of nitrogens with one attached hydrogen (secondary N) is 1. The summed E-state index contributed by atoms with van der Waals surface area (Å²) in [6.07, 6.45) is 5.83. The first kappa shape index (κ1) is 10.0. The van der Waals surface area contributed by atoms with Crippen LogP contribution in [0.3, 0.4) is 0 Å². The van der Waals surface area contributed by atoms with Crippen molar-refractivity contribution < 1.29 is 0 Å². The maximum Gasteiger partial charge on any atom is -0.00209 e. The number of hydrogen-bond acceptors (Lipinski definition) is 1. The molecule has 1 rings (SSSR count). The fraction of sp³-hybridized carbons (Fsp3) is 1.00. The van der Waals surface area contributed by atoms with Gasteiger partial charge < -0.3 is 5.32 Å². The van der Waals surface area contributed by atoms with E-state index in [1.807, 2.05) is 0 Å². The second-order valence-corrected chi connectivity index (χ2v) is 4.64. The molecule has 0 spiro atoms. The van der Waals surface area contributed by atoms with Crippen LogP contribution in [0.1, 0.15) is 39.5 Å². The van der Waals surface area contributed by atoms with E-state index in [-0.39, 0.29) is 0 Å². The Labute approximate surface area is 76.9 Å². The van der Waals surface area contributed by atoms with Gasteiger partial charge in [-0.3, -0.25) is 0 Å². The minimum atomic E-state index is 0.882. The van der Waals surface area contributed by atoms with E-state index >= 15 is 0 Å². The highest BCUT2D eigenvalue weighted by molar-refractivity contribution is 4.79. The van der Waals surface area contributed by atoms with Gasteiger partial charge in [-0.05, 0) is 44.2 Å². The van der Waals surface area contributed by atoms with Crippen LogP contribution in [0.4, 0.5) is 0 Å². The Hall–Kier alpha value is -0.0400. The van der Waals surface area contributed by atoms with Gasteiger partial charge in [0.1, 0.15) is 0 Å². The maximum atomic E-state index is 3.31. The van der Waals surface area contributed by atoms with Crippen molar-refractivity contribution >= 4 is 0 Å². The Morgan fingerprint density at radius 3 is 2.50 bits per heavy atom. The quantitative estimate of drug-likeness (QED) is 0.682. The molecule has 1 aliphatic rings. The van der Waals surface area contributed by atoms with Gasteiger partial charge in [0, 0.05) is 0 Å². The van der Waals surface area contributed by atoms with Crippen LogP contribution in [0.5, 0.6) is 0 Å². The Bertz CT molecular complexity index is 120. The number of rotatable bonds is 4. The largest absolute Gasteiger partial charge is 0.319 e. The van der Waals surface area contributed by atoms with E-state index in [4.69, 9.17) is 0 Å². The summed E-state index contributed by atoms with van der Waals surface area (Å²) in [6.45, 7) is 5.92. The molecule has 0 aromatic carbocycles. The van der Waals surface area contributed by atoms with Gasteiger partial charge >= 0.3 is 0 Å². The molecule has 72 valence electrons. The predicted octanol–water partition coefficient (Wildman–Crippen LogP) is 2.67. The Balaban J connectivity index is 2.30. The molecule has 0 bridgehead atoms. The molecule has 0 amide bonds. The molecular formula is C11H23N. The van der Waals surface area contributed by atoms with Crippen molar-refractivity contribution in [2.75, 3.05) is 13.6 Å². The van der Waals surface area contributed by atoms with Crippen molar-refractivity contribution in [1.29, 1.82) is 0 Å². The normalized spacial score (nSPS) is 30.0. The summed E-state index contributed by atoms with van der Waals surface area (Å²) in [7, 11) is 2.07. The van der Waals surface area contributed by atoms with Crippen LogP contribution >= 0.6 is 0 Å². The van der Waals surface area contributed by atoms with E-state index in [1.54, 1.807) is 0 Å². The SMILES string of the molecule is CNCC1CCCC1CC(C)C. The minimum Gasteiger partial charge on any atom is -0.319 e. The first-order chi connectivity index (χ1) is 5.74. The number of hydrogen-bond donors (Lipinski definition) is 1. The molecule has 0 aliphatic heterocycles. The lowest BCUT2D eigenvalue weighted by Gasteiger charge is -2.20. The Morgan fingerprint density at radius 2 is 1.92 bits per heavy atom. The van der Waals surface area contributed by atoms with Crippen molar-refractivity contribution in [3.05, 3.63) is 0 Å². The summed E-state index contributed by atoms with van der Waals surface area (Å²) < 4.78 is 0. The third-order valence-electron chi connectivity index (χ3n) is 3.06. The van der Waals surface area contributed by atoms with Crippen molar-refractivity contribution in [2.45, 2.75) is 39.5 Å². The first-order valence-corrected chi connectivity index (χ1v) is 5.38. The molecule has 1 N–H and O–H groups in total. The van der Waals surface area contributed by atoms with E-state index < -0.39 is 0 Å². The van der Waals surface area contributed by atoms with E-state index in [0.29, 0.717) is 0 Å². The smallest absolute Gasteiger partial charge is 0.00209 e. The third-order valence-corrected chi connectivity index (χ3v) is 3.06. The molecular weight excluding hydrogens is 146 g/mol. The minimum absolute atomic E-state index is 0.882. The Morgan fingerprint density at radius 1 is 1.25 bits per heavy atom. The standard InChI is InChI=1S/C11H23N/c1-9(2)7-10-5-4-6-11(10)8-12-3/h9-12H,4-8H2,1-3H3. The summed E-state index contributed by atoms with van der Waals surface area (Å²) in [5.74, 6) is 2.86. The summed E-state index contributed by atoms with van der Waals surface area (Å²) in [4.78, 5) is 0. The highest BCUT2D eigenvalue weighted by Crippen LogP contribution is 2.35. The zero-order chi connectivity index (χ0) is 8.97. The van der Waals surface area contributed by atoms with Gasteiger partial charge in [-0.25, -0.2) is 0 Å². The molecule has 0 aromatic heterocycles. The maximum absolute atomic E-state index is 3.31. The van der Waals surface area contributed by atoms with Crippen LogP contribution in [0.2, 0.25) is 0 Å². The van der Waals surface area contributed by atoms with Crippen LogP contribution < -0.4 is 5.32 Å². The van der Waals surface area contributed by atoms with Crippen LogP contribution in [-0.2, 0) is 0 Å². The molecule has 2 unspecified atom stereocenters. The highest BCUT2D eigenvalue weighted by Gasteiger charge is 2.26. The van der Waals surface area contributed by atoms with Crippen molar-refractivity contribution in [3.8, 4) is 0 Å². The molecule has 12 heavy (non-hydrogen) atoms. The van der Waals surface area contributed by atoms with E-state index in [2.05, 4.69) is 26.2 Å². The van der Waals surface area contributed by atoms with Crippen molar-refractivity contribution in [1.82, 2.24) is 5.32 Å². The lowest BCUT2D eigenvalue weighted by molar-refractivity contribution is 0.317. The summed E-state index contributed by atoms with van der Waals surface area (Å²) in [5, 5.41) is 3.31. The topological polar surface area (TPSA) is 12.0 Å².